The van der Waals surface area contributed by atoms with Gasteiger partial charge in [-0.15, -0.1) is 0 Å². The predicted molar refractivity (Wildman–Crippen MR) is 92.8 cm³/mol. The fourth-order valence-corrected chi connectivity index (χ4v) is 4.03. The van der Waals surface area contributed by atoms with Crippen molar-refractivity contribution in [3.63, 3.8) is 0 Å². The molecule has 2 rings (SSSR count). The zero-order chi connectivity index (χ0) is 18.3. The van der Waals surface area contributed by atoms with Gasteiger partial charge in [0.1, 0.15) is 5.56 Å². The Labute approximate surface area is 141 Å². The van der Waals surface area contributed by atoms with Gasteiger partial charge in [-0.2, -0.15) is 0 Å². The van der Waals surface area contributed by atoms with E-state index in [4.69, 9.17) is 0 Å². The molecule has 2 N–H and O–H groups in total. The first-order valence-corrected chi connectivity index (χ1v) is 8.13. The molecule has 0 bridgehead atoms. The van der Waals surface area contributed by atoms with E-state index < -0.39 is 11.2 Å². The number of aliphatic hydroxyl groups is 1. The SMILES string of the molecule is Cn1c(O)c(C=NCC2(C)CC(O)CC(C)(C)C2)c(=O)n(C)c1=O. The molecule has 2 atom stereocenters. The summed E-state index contributed by atoms with van der Waals surface area (Å²) >= 11 is 0. The fourth-order valence-electron chi connectivity index (χ4n) is 4.03. The van der Waals surface area contributed by atoms with Gasteiger partial charge in [0.2, 0.25) is 5.88 Å². The second-order valence-corrected chi connectivity index (χ2v) is 8.13. The minimum atomic E-state index is -0.584. The van der Waals surface area contributed by atoms with Crippen LogP contribution in [0.5, 0.6) is 5.88 Å². The van der Waals surface area contributed by atoms with Gasteiger partial charge in [-0.05, 0) is 30.1 Å². The van der Waals surface area contributed by atoms with Crippen LogP contribution in [0.25, 0.3) is 0 Å². The van der Waals surface area contributed by atoms with Crippen LogP contribution in [-0.2, 0) is 14.1 Å². The maximum absolute atomic E-state index is 12.1. The van der Waals surface area contributed by atoms with Gasteiger partial charge in [-0.1, -0.05) is 20.8 Å². The molecule has 0 spiro atoms. The van der Waals surface area contributed by atoms with Gasteiger partial charge < -0.3 is 10.2 Å². The molecule has 0 radical (unpaired) electrons. The lowest BCUT2D eigenvalue weighted by atomic mass is 9.63. The van der Waals surface area contributed by atoms with E-state index in [1.165, 1.54) is 20.3 Å². The highest BCUT2D eigenvalue weighted by Gasteiger charge is 2.40. The number of aliphatic hydroxyl groups excluding tert-OH is 1. The summed E-state index contributed by atoms with van der Waals surface area (Å²) in [6.07, 6.45) is 3.33. The average Bonchev–Trinajstić information content (AvgIpc) is 2.44. The summed E-state index contributed by atoms with van der Waals surface area (Å²) in [7, 11) is 2.76. The second kappa shape index (κ2) is 6.20. The van der Waals surface area contributed by atoms with E-state index in [2.05, 4.69) is 25.8 Å². The number of aliphatic imine (C=N–C) groups is 1. The van der Waals surface area contributed by atoms with Gasteiger partial charge in [0.25, 0.3) is 5.56 Å². The lowest BCUT2D eigenvalue weighted by molar-refractivity contribution is -0.00472. The van der Waals surface area contributed by atoms with Crippen molar-refractivity contribution in [2.75, 3.05) is 6.54 Å². The predicted octanol–water partition coefficient (Wildman–Crippen LogP) is 0.786. The molecule has 0 aliphatic heterocycles. The van der Waals surface area contributed by atoms with Crippen LogP contribution in [0.3, 0.4) is 0 Å². The molecule has 2 unspecified atom stereocenters. The Morgan fingerprint density at radius 2 is 1.83 bits per heavy atom. The van der Waals surface area contributed by atoms with Crippen molar-refractivity contribution in [3.8, 4) is 5.88 Å². The Morgan fingerprint density at radius 3 is 2.42 bits per heavy atom. The molecule has 7 nitrogen and oxygen atoms in total. The van der Waals surface area contributed by atoms with Crippen LogP contribution in [0, 0.1) is 10.8 Å². The normalized spacial score (nSPS) is 26.8. The van der Waals surface area contributed by atoms with Crippen LogP contribution < -0.4 is 11.2 Å². The molecule has 7 heteroatoms. The Bertz CT molecular complexity index is 775. The molecule has 1 fully saturated rings. The quantitative estimate of drug-likeness (QED) is 0.797. The topological polar surface area (TPSA) is 96.8 Å². The molecule has 0 aromatic carbocycles. The van der Waals surface area contributed by atoms with Crippen LogP contribution in [0.4, 0.5) is 0 Å². The molecular weight excluding hydrogens is 310 g/mol. The van der Waals surface area contributed by atoms with Crippen LogP contribution in [0.1, 0.15) is 45.6 Å². The van der Waals surface area contributed by atoms with Gasteiger partial charge in [0, 0.05) is 26.9 Å². The molecule has 0 amide bonds. The zero-order valence-corrected chi connectivity index (χ0v) is 15.0. The number of hydrogen-bond donors (Lipinski definition) is 2. The maximum Gasteiger partial charge on any atom is 0.333 e. The van der Waals surface area contributed by atoms with E-state index in [9.17, 15) is 19.8 Å². The molecule has 1 aromatic rings. The monoisotopic (exact) mass is 337 g/mol. The summed E-state index contributed by atoms with van der Waals surface area (Å²) in [5, 5.41) is 20.1. The lowest BCUT2D eigenvalue weighted by Crippen LogP contribution is -2.40. The number of rotatable bonds is 3. The standard InChI is InChI=1S/C17H27N3O4/c1-16(2)6-11(21)7-17(3,9-16)10-18-8-12-13(22)19(4)15(24)20(5)14(12)23/h8,11,21-22H,6-7,9-10H2,1-5H3. The van der Waals surface area contributed by atoms with Crippen molar-refractivity contribution in [2.24, 2.45) is 29.9 Å². The highest BCUT2D eigenvalue weighted by molar-refractivity contribution is 5.81. The van der Waals surface area contributed by atoms with Crippen LogP contribution in [-0.4, -0.2) is 38.2 Å². The van der Waals surface area contributed by atoms with Crippen LogP contribution in [0.2, 0.25) is 0 Å². The van der Waals surface area contributed by atoms with E-state index in [-0.39, 0.29) is 28.4 Å². The highest BCUT2D eigenvalue weighted by Crippen LogP contribution is 2.46. The van der Waals surface area contributed by atoms with Crippen LogP contribution >= 0.6 is 0 Å². The Balaban J connectivity index is 2.27. The average molecular weight is 337 g/mol. The first kappa shape index (κ1) is 18.4. The van der Waals surface area contributed by atoms with E-state index >= 15 is 0 Å². The number of hydrogen-bond acceptors (Lipinski definition) is 5. The van der Waals surface area contributed by atoms with E-state index in [1.54, 1.807) is 0 Å². The smallest absolute Gasteiger partial charge is 0.333 e. The third-order valence-corrected chi connectivity index (χ3v) is 4.78. The van der Waals surface area contributed by atoms with Gasteiger partial charge in [-0.25, -0.2) is 4.79 Å². The third kappa shape index (κ3) is 3.61. The molecule has 0 saturated heterocycles. The molecule has 1 aromatic heterocycles. The highest BCUT2D eigenvalue weighted by atomic mass is 16.3. The number of aromatic nitrogens is 2. The zero-order valence-electron chi connectivity index (χ0n) is 15.0. The Morgan fingerprint density at radius 1 is 1.21 bits per heavy atom. The summed E-state index contributed by atoms with van der Waals surface area (Å²) in [6, 6.07) is 0. The summed E-state index contributed by atoms with van der Waals surface area (Å²) in [4.78, 5) is 28.2. The summed E-state index contributed by atoms with van der Waals surface area (Å²) in [5.74, 6) is -0.388. The molecular formula is C17H27N3O4. The van der Waals surface area contributed by atoms with Crippen molar-refractivity contribution >= 4 is 6.21 Å². The van der Waals surface area contributed by atoms with Gasteiger partial charge in [0.05, 0.1) is 6.10 Å². The summed E-state index contributed by atoms with van der Waals surface area (Å²) in [6.45, 7) is 6.78. The summed E-state index contributed by atoms with van der Waals surface area (Å²) in [5.41, 5.74) is -1.29. The number of nitrogens with zero attached hydrogens (tertiary/aromatic N) is 3. The molecule has 1 aliphatic carbocycles. The third-order valence-electron chi connectivity index (χ3n) is 4.78. The molecule has 1 saturated carbocycles. The van der Waals surface area contributed by atoms with Gasteiger partial charge in [0.15, 0.2) is 0 Å². The van der Waals surface area contributed by atoms with Crippen LogP contribution in [0.15, 0.2) is 14.6 Å². The second-order valence-electron chi connectivity index (χ2n) is 8.13. The van der Waals surface area contributed by atoms with E-state index in [0.29, 0.717) is 13.0 Å². The lowest BCUT2D eigenvalue weighted by Gasteiger charge is -2.44. The molecule has 1 heterocycles. The first-order valence-electron chi connectivity index (χ1n) is 8.13. The molecule has 24 heavy (non-hydrogen) atoms. The van der Waals surface area contributed by atoms with Crippen molar-refractivity contribution in [1.29, 1.82) is 0 Å². The van der Waals surface area contributed by atoms with Gasteiger partial charge >= 0.3 is 5.69 Å². The van der Waals surface area contributed by atoms with E-state index in [0.717, 1.165) is 22.0 Å². The Kier molecular flexibility index (Phi) is 4.77. The fraction of sp³-hybridized carbons (Fsp3) is 0.706. The van der Waals surface area contributed by atoms with Crippen molar-refractivity contribution in [1.82, 2.24) is 9.13 Å². The minimum absolute atomic E-state index is 0.00109. The summed E-state index contributed by atoms with van der Waals surface area (Å²) < 4.78 is 1.95. The van der Waals surface area contributed by atoms with Gasteiger partial charge in [-0.3, -0.25) is 18.9 Å². The largest absolute Gasteiger partial charge is 0.494 e. The van der Waals surface area contributed by atoms with Crippen molar-refractivity contribution < 1.29 is 10.2 Å². The maximum atomic E-state index is 12.1. The molecule has 134 valence electrons. The first-order chi connectivity index (χ1) is 11.0. The Hall–Kier alpha value is -1.89. The number of aromatic hydroxyl groups is 1. The van der Waals surface area contributed by atoms with E-state index in [1.807, 2.05) is 0 Å². The van der Waals surface area contributed by atoms with Crippen molar-refractivity contribution in [2.45, 2.75) is 46.1 Å². The van der Waals surface area contributed by atoms with Crippen molar-refractivity contribution in [3.05, 3.63) is 26.4 Å². The molecule has 1 aliphatic rings. The minimum Gasteiger partial charge on any atom is -0.494 e.